The molecule has 0 N–H and O–H groups in total. The van der Waals surface area contributed by atoms with Crippen molar-refractivity contribution in [2.75, 3.05) is 13.2 Å². The fourth-order valence-corrected chi connectivity index (χ4v) is 2.45. The van der Waals surface area contributed by atoms with Gasteiger partial charge < -0.3 is 4.74 Å². The maximum absolute atomic E-state index is 5.37. The maximum atomic E-state index is 5.37. The second-order valence-corrected chi connectivity index (χ2v) is 6.14. The number of ether oxygens (including phenoxy) is 1. The highest BCUT2D eigenvalue weighted by Gasteiger charge is 2.36. The summed E-state index contributed by atoms with van der Waals surface area (Å²) in [6.45, 7) is 14.9. The Balaban J connectivity index is 2.54. The van der Waals surface area contributed by atoms with Crippen LogP contribution in [0.1, 0.15) is 59.8 Å². The first kappa shape index (κ1) is 16.2. The van der Waals surface area contributed by atoms with E-state index in [0.29, 0.717) is 5.41 Å². The van der Waals surface area contributed by atoms with Crippen molar-refractivity contribution in [3.63, 3.8) is 0 Å². The molecule has 1 saturated heterocycles. The first-order valence-corrected chi connectivity index (χ1v) is 7.63. The zero-order valence-corrected chi connectivity index (χ0v) is 13.2. The summed E-state index contributed by atoms with van der Waals surface area (Å²) in [5, 5.41) is 0. The third-order valence-corrected chi connectivity index (χ3v) is 4.13. The Kier molecular flexibility index (Phi) is 6.57. The van der Waals surface area contributed by atoms with Gasteiger partial charge in [0.1, 0.15) is 0 Å². The summed E-state index contributed by atoms with van der Waals surface area (Å²) in [6.07, 6.45) is 10.5. The van der Waals surface area contributed by atoms with Crippen molar-refractivity contribution < 1.29 is 4.74 Å². The number of rotatable bonds is 8. The normalized spacial score (nSPS) is 17.3. The number of allylic oxidation sites excluding steroid dienone is 5. The van der Waals surface area contributed by atoms with Gasteiger partial charge >= 0.3 is 0 Å². The molecule has 1 nitrogen and oxygen atoms in total. The van der Waals surface area contributed by atoms with Crippen LogP contribution in [-0.4, -0.2) is 13.2 Å². The van der Waals surface area contributed by atoms with E-state index in [9.17, 15) is 0 Å². The zero-order valence-electron chi connectivity index (χ0n) is 13.2. The molecule has 108 valence electrons. The van der Waals surface area contributed by atoms with Crippen molar-refractivity contribution in [1.82, 2.24) is 0 Å². The molecule has 0 aromatic heterocycles. The molecule has 0 radical (unpaired) electrons. The molecule has 1 aliphatic rings. The minimum atomic E-state index is 0.371. The van der Waals surface area contributed by atoms with Crippen LogP contribution in [-0.2, 0) is 4.74 Å². The van der Waals surface area contributed by atoms with Gasteiger partial charge in [-0.25, -0.2) is 0 Å². The van der Waals surface area contributed by atoms with Crippen LogP contribution in [0.25, 0.3) is 0 Å². The van der Waals surface area contributed by atoms with Gasteiger partial charge in [0, 0.05) is 5.41 Å². The van der Waals surface area contributed by atoms with Crippen molar-refractivity contribution in [2.45, 2.75) is 59.8 Å². The zero-order chi connectivity index (χ0) is 14.3. The van der Waals surface area contributed by atoms with E-state index in [0.717, 1.165) is 19.6 Å². The molecule has 0 atom stereocenters. The largest absolute Gasteiger partial charge is 0.380 e. The van der Waals surface area contributed by atoms with Crippen molar-refractivity contribution >= 4 is 0 Å². The average molecular weight is 262 g/mol. The first-order chi connectivity index (χ1) is 9.03. The van der Waals surface area contributed by atoms with Gasteiger partial charge in [-0.3, -0.25) is 0 Å². The van der Waals surface area contributed by atoms with Crippen molar-refractivity contribution in [3.05, 3.63) is 35.5 Å². The van der Waals surface area contributed by atoms with Crippen LogP contribution in [0, 0.1) is 5.41 Å². The summed E-state index contributed by atoms with van der Waals surface area (Å²) in [5.74, 6) is 0. The topological polar surface area (TPSA) is 9.23 Å². The predicted molar refractivity (Wildman–Crippen MR) is 84.3 cm³/mol. The van der Waals surface area contributed by atoms with Gasteiger partial charge in [-0.15, -0.1) is 0 Å². The Bertz CT molecular complexity index is 346. The van der Waals surface area contributed by atoms with Gasteiger partial charge in [0.2, 0.25) is 0 Å². The Morgan fingerprint density at radius 1 is 1.21 bits per heavy atom. The smallest absolute Gasteiger partial charge is 0.0547 e. The molecular formula is C18H30O. The molecule has 0 saturated carbocycles. The number of hydrogen-bond donors (Lipinski definition) is 0. The molecule has 19 heavy (non-hydrogen) atoms. The second kappa shape index (κ2) is 7.69. The van der Waals surface area contributed by atoms with E-state index in [1.165, 1.54) is 42.4 Å². The maximum Gasteiger partial charge on any atom is 0.0547 e. The fourth-order valence-electron chi connectivity index (χ4n) is 2.45. The molecule has 0 aromatic carbocycles. The molecule has 0 amide bonds. The van der Waals surface area contributed by atoms with Gasteiger partial charge in [-0.05, 0) is 45.1 Å². The summed E-state index contributed by atoms with van der Waals surface area (Å²) < 4.78 is 5.37. The third-order valence-electron chi connectivity index (χ3n) is 4.13. The lowest BCUT2D eigenvalue weighted by Crippen LogP contribution is -2.42. The highest BCUT2D eigenvalue weighted by atomic mass is 16.5. The van der Waals surface area contributed by atoms with Crippen LogP contribution in [0.2, 0.25) is 0 Å². The van der Waals surface area contributed by atoms with Gasteiger partial charge in [-0.2, -0.15) is 0 Å². The van der Waals surface area contributed by atoms with E-state index in [1.54, 1.807) is 0 Å². The van der Waals surface area contributed by atoms with Crippen LogP contribution < -0.4 is 0 Å². The number of unbranched alkanes of at least 4 members (excludes halogenated alkanes) is 1. The Morgan fingerprint density at radius 2 is 1.89 bits per heavy atom. The van der Waals surface area contributed by atoms with Crippen molar-refractivity contribution in [2.24, 2.45) is 5.41 Å². The number of hydrogen-bond acceptors (Lipinski definition) is 1. The van der Waals surface area contributed by atoms with E-state index in [2.05, 4.69) is 46.4 Å². The third kappa shape index (κ3) is 4.99. The lowest BCUT2D eigenvalue weighted by molar-refractivity contribution is -0.113. The van der Waals surface area contributed by atoms with Gasteiger partial charge in [0.15, 0.2) is 0 Å². The summed E-state index contributed by atoms with van der Waals surface area (Å²) in [7, 11) is 0. The van der Waals surface area contributed by atoms with Gasteiger partial charge in [0.25, 0.3) is 0 Å². The van der Waals surface area contributed by atoms with Crippen molar-refractivity contribution in [1.29, 1.82) is 0 Å². The Hall–Kier alpha value is -0.820. The molecule has 0 aromatic rings. The summed E-state index contributed by atoms with van der Waals surface area (Å²) in [5.41, 5.74) is 4.50. The van der Waals surface area contributed by atoms with E-state index in [-0.39, 0.29) is 0 Å². The highest BCUT2D eigenvalue weighted by molar-refractivity contribution is 5.29. The molecule has 0 bridgehead atoms. The molecule has 0 unspecified atom stereocenters. The molecule has 1 rings (SSSR count). The lowest BCUT2D eigenvalue weighted by atomic mass is 9.77. The molecule has 1 heteroatoms. The average Bonchev–Trinajstić information content (AvgIpc) is 2.33. The van der Waals surface area contributed by atoms with Crippen LogP contribution >= 0.6 is 0 Å². The second-order valence-electron chi connectivity index (χ2n) is 6.14. The SMILES string of the molecule is C=C(/C=C\C(CCCC)=C(C)C)CC1(CC)COC1. The van der Waals surface area contributed by atoms with E-state index in [1.807, 2.05) is 0 Å². The van der Waals surface area contributed by atoms with Crippen LogP contribution in [0.5, 0.6) is 0 Å². The van der Waals surface area contributed by atoms with E-state index < -0.39 is 0 Å². The molecule has 1 aliphatic heterocycles. The van der Waals surface area contributed by atoms with Crippen LogP contribution in [0.4, 0.5) is 0 Å². The Morgan fingerprint density at radius 3 is 2.32 bits per heavy atom. The summed E-state index contributed by atoms with van der Waals surface area (Å²) >= 11 is 0. The minimum absolute atomic E-state index is 0.371. The van der Waals surface area contributed by atoms with Crippen LogP contribution in [0.3, 0.4) is 0 Å². The van der Waals surface area contributed by atoms with E-state index >= 15 is 0 Å². The van der Waals surface area contributed by atoms with Crippen LogP contribution in [0.15, 0.2) is 35.5 Å². The highest BCUT2D eigenvalue weighted by Crippen LogP contribution is 2.37. The molecular weight excluding hydrogens is 232 g/mol. The quantitative estimate of drug-likeness (QED) is 0.529. The summed E-state index contributed by atoms with van der Waals surface area (Å²) in [6, 6.07) is 0. The summed E-state index contributed by atoms with van der Waals surface area (Å²) in [4.78, 5) is 0. The van der Waals surface area contributed by atoms with Crippen molar-refractivity contribution in [3.8, 4) is 0 Å². The standard InChI is InChI=1S/C18H30O/c1-6-8-9-17(15(3)4)11-10-16(5)12-18(7-2)13-19-14-18/h10-11H,5-9,12-14H2,1-4H3/b11-10-. The lowest BCUT2D eigenvalue weighted by Gasteiger charge is -2.41. The molecule has 1 fully saturated rings. The first-order valence-electron chi connectivity index (χ1n) is 7.63. The fraction of sp³-hybridized carbons (Fsp3) is 0.667. The Labute approximate surface area is 119 Å². The molecule has 0 spiro atoms. The monoisotopic (exact) mass is 262 g/mol. The van der Waals surface area contributed by atoms with E-state index in [4.69, 9.17) is 4.74 Å². The molecule has 1 heterocycles. The molecule has 0 aliphatic carbocycles. The predicted octanol–water partition coefficient (Wildman–Crippen LogP) is 5.44. The van der Waals surface area contributed by atoms with Gasteiger partial charge in [-0.1, -0.05) is 50.1 Å². The van der Waals surface area contributed by atoms with Gasteiger partial charge in [0.05, 0.1) is 13.2 Å². The minimum Gasteiger partial charge on any atom is -0.380 e.